The fourth-order valence-electron chi connectivity index (χ4n) is 0.900. The molecule has 0 radical (unpaired) electrons. The number of benzene rings is 1. The molecule has 0 spiro atoms. The molecule has 0 aliphatic carbocycles. The predicted molar refractivity (Wildman–Crippen MR) is 44.9 cm³/mol. The monoisotopic (exact) mass is 144 g/mol. The zero-order valence-electron chi connectivity index (χ0n) is 6.76. The van der Waals surface area contributed by atoms with Crippen LogP contribution in [-0.4, -0.2) is 0 Å². The maximum absolute atomic E-state index is 8.58. The maximum Gasteiger partial charge on any atom is 0.0856 e. The molecule has 0 bridgehead atoms. The topological polar surface area (TPSA) is 23.8 Å². The van der Waals surface area contributed by atoms with E-state index < -0.39 is 0 Å². The average Bonchev–Trinajstić information content (AvgIpc) is 2.05. The second kappa shape index (κ2) is 3.12. The van der Waals surface area contributed by atoms with E-state index in [0.717, 1.165) is 11.1 Å². The normalized spacial score (nSPS) is 8.82. The lowest BCUT2D eigenvalue weighted by Crippen LogP contribution is -1.87. The lowest BCUT2D eigenvalue weighted by atomic mass is 10.0. The fourth-order valence-corrected chi connectivity index (χ4v) is 0.900. The minimum Gasteiger partial charge on any atom is -0.194 e. The van der Waals surface area contributed by atoms with Crippen molar-refractivity contribution in [3.05, 3.63) is 41.3 Å². The van der Waals surface area contributed by atoms with Crippen LogP contribution in [0.1, 0.15) is 25.0 Å². The molecule has 56 valence electrons. The van der Waals surface area contributed by atoms with Gasteiger partial charge in [0.25, 0.3) is 0 Å². The van der Waals surface area contributed by atoms with Gasteiger partial charge >= 0.3 is 0 Å². The van der Waals surface area contributed by atoms with Gasteiger partial charge in [-0.05, 0) is 5.56 Å². The third kappa shape index (κ3) is 1.75. The summed E-state index contributed by atoms with van der Waals surface area (Å²) in [5.74, 6) is 1.24. The Bertz CT molecular complexity index is 281. The van der Waals surface area contributed by atoms with E-state index in [1.807, 2.05) is 38.1 Å². The van der Waals surface area contributed by atoms with Crippen LogP contribution in [-0.2, 0) is 0 Å². The zero-order valence-corrected chi connectivity index (χ0v) is 6.76. The Morgan fingerprint density at radius 2 is 2.09 bits per heavy atom. The van der Waals surface area contributed by atoms with E-state index in [1.54, 1.807) is 0 Å². The van der Waals surface area contributed by atoms with Crippen LogP contribution in [0.2, 0.25) is 0 Å². The van der Waals surface area contributed by atoms with Crippen molar-refractivity contribution in [2.75, 3.05) is 0 Å². The van der Waals surface area contributed by atoms with Gasteiger partial charge in [-0.25, -0.2) is 0 Å². The smallest absolute Gasteiger partial charge is 0.0856 e. The summed E-state index contributed by atoms with van der Waals surface area (Å²) in [6, 6.07) is 9.73. The van der Waals surface area contributed by atoms with Gasteiger partial charge in [-0.3, -0.25) is 0 Å². The van der Waals surface area contributed by atoms with Gasteiger partial charge in [0.2, 0.25) is 0 Å². The highest BCUT2D eigenvalue weighted by Crippen LogP contribution is 2.13. The molecule has 0 N–H and O–H groups in total. The highest BCUT2D eigenvalue weighted by Gasteiger charge is 1.88. The quantitative estimate of drug-likeness (QED) is 0.555. The Morgan fingerprint density at radius 1 is 1.36 bits per heavy atom. The Morgan fingerprint density at radius 3 is 2.64 bits per heavy atom. The molecule has 0 unspecified atom stereocenters. The second-order valence-corrected chi connectivity index (χ2v) is 2.69. The van der Waals surface area contributed by atoms with Crippen LogP contribution in [0.4, 0.5) is 0 Å². The standard InChI is InChI=1S/C10H10N/c1-8(2)10-5-3-4-9(6-10)7-11/h3-6H,1-2H3/q-1. The van der Waals surface area contributed by atoms with E-state index in [1.165, 1.54) is 5.92 Å². The maximum atomic E-state index is 8.58. The predicted octanol–water partition coefficient (Wildman–Crippen LogP) is 2.52. The molecule has 0 aromatic heterocycles. The zero-order chi connectivity index (χ0) is 8.27. The molecule has 0 amide bonds. The van der Waals surface area contributed by atoms with Crippen molar-refractivity contribution >= 4 is 0 Å². The minimum absolute atomic E-state index is 0.726. The SMILES string of the molecule is C[C-](C)c1cccc(C#N)c1. The van der Waals surface area contributed by atoms with Gasteiger partial charge in [-0.2, -0.15) is 22.8 Å². The summed E-state index contributed by atoms with van der Waals surface area (Å²) < 4.78 is 0. The molecule has 11 heavy (non-hydrogen) atoms. The summed E-state index contributed by atoms with van der Waals surface area (Å²) in [6.07, 6.45) is 0. The van der Waals surface area contributed by atoms with E-state index in [9.17, 15) is 0 Å². The summed E-state index contributed by atoms with van der Waals surface area (Å²) in [5.41, 5.74) is 1.87. The first-order valence-corrected chi connectivity index (χ1v) is 3.54. The van der Waals surface area contributed by atoms with Crippen molar-refractivity contribution in [3.63, 3.8) is 0 Å². The number of nitriles is 1. The summed E-state index contributed by atoms with van der Waals surface area (Å²) in [7, 11) is 0. The molecule has 1 aromatic carbocycles. The summed E-state index contributed by atoms with van der Waals surface area (Å²) in [6.45, 7) is 4.08. The van der Waals surface area contributed by atoms with Crippen LogP contribution >= 0.6 is 0 Å². The van der Waals surface area contributed by atoms with Gasteiger partial charge in [-0.1, -0.05) is 19.9 Å². The van der Waals surface area contributed by atoms with Gasteiger partial charge in [0.1, 0.15) is 0 Å². The Balaban J connectivity index is 3.03. The molecule has 0 heterocycles. The average molecular weight is 144 g/mol. The van der Waals surface area contributed by atoms with Crippen LogP contribution < -0.4 is 0 Å². The summed E-state index contributed by atoms with van der Waals surface area (Å²) >= 11 is 0. The van der Waals surface area contributed by atoms with E-state index in [4.69, 9.17) is 5.26 Å². The van der Waals surface area contributed by atoms with Crippen LogP contribution in [0.15, 0.2) is 24.3 Å². The Hall–Kier alpha value is -1.42. The van der Waals surface area contributed by atoms with E-state index in [0.29, 0.717) is 0 Å². The van der Waals surface area contributed by atoms with E-state index in [2.05, 4.69) is 6.07 Å². The molecule has 0 saturated heterocycles. The van der Waals surface area contributed by atoms with Crippen molar-refractivity contribution < 1.29 is 0 Å². The van der Waals surface area contributed by atoms with Crippen molar-refractivity contribution in [2.24, 2.45) is 0 Å². The first-order chi connectivity index (χ1) is 5.24. The Labute approximate surface area is 67.3 Å². The third-order valence-corrected chi connectivity index (χ3v) is 1.57. The molecular weight excluding hydrogens is 134 g/mol. The largest absolute Gasteiger partial charge is 0.194 e. The fraction of sp³-hybridized carbons (Fsp3) is 0.200. The molecule has 0 fully saturated rings. The van der Waals surface area contributed by atoms with Crippen LogP contribution in [0.3, 0.4) is 0 Å². The van der Waals surface area contributed by atoms with E-state index >= 15 is 0 Å². The molecule has 0 atom stereocenters. The first-order valence-electron chi connectivity index (χ1n) is 3.54. The lowest BCUT2D eigenvalue weighted by Gasteiger charge is -2.14. The van der Waals surface area contributed by atoms with Gasteiger partial charge in [0, 0.05) is 0 Å². The molecule has 0 aliphatic rings. The van der Waals surface area contributed by atoms with Gasteiger partial charge < -0.3 is 0 Å². The van der Waals surface area contributed by atoms with Crippen molar-refractivity contribution in [1.82, 2.24) is 0 Å². The van der Waals surface area contributed by atoms with Crippen molar-refractivity contribution in [1.29, 1.82) is 5.26 Å². The van der Waals surface area contributed by atoms with Gasteiger partial charge in [-0.15, -0.1) is 12.1 Å². The molecule has 1 nitrogen and oxygen atoms in total. The van der Waals surface area contributed by atoms with Crippen LogP contribution in [0.25, 0.3) is 0 Å². The molecular formula is C10H10N-. The summed E-state index contributed by atoms with van der Waals surface area (Å²) in [5, 5.41) is 8.58. The van der Waals surface area contributed by atoms with Crippen molar-refractivity contribution in [2.45, 2.75) is 13.8 Å². The molecule has 0 saturated carbocycles. The van der Waals surface area contributed by atoms with Crippen molar-refractivity contribution in [3.8, 4) is 6.07 Å². The highest BCUT2D eigenvalue weighted by molar-refractivity contribution is 5.38. The van der Waals surface area contributed by atoms with Crippen LogP contribution in [0.5, 0.6) is 0 Å². The minimum atomic E-state index is 0.726. The molecule has 1 aromatic rings. The van der Waals surface area contributed by atoms with E-state index in [-0.39, 0.29) is 0 Å². The second-order valence-electron chi connectivity index (χ2n) is 2.69. The molecule has 1 heteroatoms. The highest BCUT2D eigenvalue weighted by atomic mass is 14.2. The number of hydrogen-bond donors (Lipinski definition) is 0. The van der Waals surface area contributed by atoms with Gasteiger partial charge in [0.05, 0.1) is 6.07 Å². The van der Waals surface area contributed by atoms with Crippen LogP contribution in [0, 0.1) is 17.2 Å². The number of nitrogens with zero attached hydrogens (tertiary/aromatic N) is 1. The third-order valence-electron chi connectivity index (χ3n) is 1.57. The number of hydrogen-bond acceptors (Lipinski definition) is 1. The lowest BCUT2D eigenvalue weighted by molar-refractivity contribution is 1.15. The molecule has 0 aliphatic heterocycles. The Kier molecular flexibility index (Phi) is 2.18. The molecule has 1 rings (SSSR count). The van der Waals surface area contributed by atoms with Gasteiger partial charge in [0.15, 0.2) is 0 Å². The first kappa shape index (κ1) is 7.68. The number of rotatable bonds is 1. The summed E-state index contributed by atoms with van der Waals surface area (Å²) in [4.78, 5) is 0.